The van der Waals surface area contributed by atoms with E-state index in [1.807, 2.05) is 48.5 Å². The molecule has 0 heterocycles. The van der Waals surface area contributed by atoms with Gasteiger partial charge in [0.05, 0.1) is 0 Å². The molecule has 5 N–H and O–H groups in total. The maximum atomic E-state index is 5.71. The van der Waals surface area contributed by atoms with Crippen LogP contribution in [-0.4, -0.2) is 0 Å². The van der Waals surface area contributed by atoms with Crippen molar-refractivity contribution in [2.45, 2.75) is 0 Å². The van der Waals surface area contributed by atoms with Gasteiger partial charge in [-0.1, -0.05) is 24.3 Å². The number of anilines is 4. The van der Waals surface area contributed by atoms with Crippen molar-refractivity contribution in [3.63, 3.8) is 0 Å². The van der Waals surface area contributed by atoms with Crippen LogP contribution in [0.25, 0.3) is 11.1 Å². The Labute approximate surface area is 124 Å². The molecule has 0 bridgehead atoms. The van der Waals surface area contributed by atoms with Gasteiger partial charge in [0.1, 0.15) is 0 Å². The second-order valence-corrected chi connectivity index (χ2v) is 4.95. The maximum Gasteiger partial charge on any atom is 0.0385 e. The molecule has 21 heavy (non-hydrogen) atoms. The van der Waals surface area contributed by atoms with E-state index in [1.54, 1.807) is 0 Å². The van der Waals surface area contributed by atoms with Gasteiger partial charge in [-0.05, 0) is 59.7 Å². The summed E-state index contributed by atoms with van der Waals surface area (Å²) in [6.45, 7) is 0. The van der Waals surface area contributed by atoms with Crippen LogP contribution in [0.1, 0.15) is 0 Å². The van der Waals surface area contributed by atoms with Gasteiger partial charge in [0.15, 0.2) is 0 Å². The van der Waals surface area contributed by atoms with Crippen molar-refractivity contribution in [3.05, 3.63) is 72.8 Å². The molecule has 3 heteroatoms. The molecule has 0 aromatic heterocycles. The minimum atomic E-state index is 0.763. The zero-order chi connectivity index (χ0) is 14.7. The number of nitrogens with two attached hydrogens (primary N) is 2. The number of benzene rings is 3. The molecule has 0 amide bonds. The summed E-state index contributed by atoms with van der Waals surface area (Å²) in [5, 5.41) is 3.34. The third-order valence-corrected chi connectivity index (χ3v) is 3.33. The summed E-state index contributed by atoms with van der Waals surface area (Å²) in [6.07, 6.45) is 0. The summed E-state index contributed by atoms with van der Waals surface area (Å²) < 4.78 is 0. The highest BCUT2D eigenvalue weighted by Crippen LogP contribution is 2.24. The highest BCUT2D eigenvalue weighted by Gasteiger charge is 1.99. The van der Waals surface area contributed by atoms with Gasteiger partial charge in [-0.3, -0.25) is 0 Å². The van der Waals surface area contributed by atoms with E-state index in [0.717, 1.165) is 33.9 Å². The molecule has 0 saturated carbocycles. The third kappa shape index (κ3) is 3.15. The van der Waals surface area contributed by atoms with Gasteiger partial charge in [-0.25, -0.2) is 0 Å². The number of hydrogen-bond acceptors (Lipinski definition) is 3. The van der Waals surface area contributed by atoms with E-state index in [-0.39, 0.29) is 0 Å². The topological polar surface area (TPSA) is 64.1 Å². The lowest BCUT2D eigenvalue weighted by Crippen LogP contribution is -1.91. The summed E-state index contributed by atoms with van der Waals surface area (Å²) in [5.74, 6) is 0. The normalized spacial score (nSPS) is 10.3. The van der Waals surface area contributed by atoms with Gasteiger partial charge in [0, 0.05) is 22.7 Å². The minimum absolute atomic E-state index is 0.763. The predicted octanol–water partition coefficient (Wildman–Crippen LogP) is 4.26. The maximum absolute atomic E-state index is 5.71. The van der Waals surface area contributed by atoms with Gasteiger partial charge in [0.25, 0.3) is 0 Å². The first-order valence-electron chi connectivity index (χ1n) is 6.79. The number of hydrogen-bond donors (Lipinski definition) is 3. The number of rotatable bonds is 3. The van der Waals surface area contributed by atoms with Crippen molar-refractivity contribution >= 4 is 22.7 Å². The quantitative estimate of drug-likeness (QED) is 0.626. The molecule has 0 atom stereocenters. The first kappa shape index (κ1) is 13.1. The Morgan fingerprint density at radius 1 is 0.476 bits per heavy atom. The fourth-order valence-electron chi connectivity index (χ4n) is 2.15. The molecule has 3 aromatic rings. The van der Waals surface area contributed by atoms with Crippen LogP contribution in [-0.2, 0) is 0 Å². The van der Waals surface area contributed by atoms with Crippen molar-refractivity contribution in [1.82, 2.24) is 0 Å². The summed E-state index contributed by atoms with van der Waals surface area (Å²) in [6, 6.07) is 23.9. The fourth-order valence-corrected chi connectivity index (χ4v) is 2.15. The molecule has 0 aliphatic rings. The van der Waals surface area contributed by atoms with Gasteiger partial charge >= 0.3 is 0 Å². The van der Waals surface area contributed by atoms with E-state index in [0.29, 0.717) is 0 Å². The molecular formula is C18H17N3. The zero-order valence-electron chi connectivity index (χ0n) is 11.6. The first-order chi connectivity index (χ1) is 10.2. The molecule has 0 fully saturated rings. The van der Waals surface area contributed by atoms with Crippen LogP contribution >= 0.6 is 0 Å². The van der Waals surface area contributed by atoms with Crippen molar-refractivity contribution < 1.29 is 0 Å². The fraction of sp³-hybridized carbons (Fsp3) is 0. The Balaban J connectivity index is 1.77. The molecule has 3 nitrogen and oxygen atoms in total. The number of nitrogens with one attached hydrogen (secondary N) is 1. The Bertz CT molecular complexity index is 714. The van der Waals surface area contributed by atoms with Crippen LogP contribution in [0.4, 0.5) is 22.7 Å². The molecule has 0 unspecified atom stereocenters. The highest BCUT2D eigenvalue weighted by atomic mass is 14.9. The molecule has 0 aliphatic heterocycles. The average Bonchev–Trinajstić information content (AvgIpc) is 2.51. The van der Waals surface area contributed by atoms with Crippen LogP contribution in [0.3, 0.4) is 0 Å². The lowest BCUT2D eigenvalue weighted by molar-refractivity contribution is 1.54. The monoisotopic (exact) mass is 275 g/mol. The van der Waals surface area contributed by atoms with Crippen LogP contribution < -0.4 is 16.8 Å². The Morgan fingerprint density at radius 3 is 1.29 bits per heavy atom. The van der Waals surface area contributed by atoms with Gasteiger partial charge in [0.2, 0.25) is 0 Å². The second-order valence-electron chi connectivity index (χ2n) is 4.95. The molecule has 3 aromatic carbocycles. The molecule has 3 rings (SSSR count). The lowest BCUT2D eigenvalue weighted by atomic mass is 10.1. The SMILES string of the molecule is Nc1ccc(Nc2ccc(-c3ccc(N)cc3)cc2)cc1. The number of nitrogen functional groups attached to an aromatic ring is 2. The van der Waals surface area contributed by atoms with Crippen molar-refractivity contribution in [3.8, 4) is 11.1 Å². The van der Waals surface area contributed by atoms with E-state index in [9.17, 15) is 0 Å². The molecular weight excluding hydrogens is 258 g/mol. The van der Waals surface area contributed by atoms with E-state index >= 15 is 0 Å². The van der Waals surface area contributed by atoms with E-state index in [1.165, 1.54) is 0 Å². The summed E-state index contributed by atoms with van der Waals surface area (Å²) >= 11 is 0. The Kier molecular flexibility index (Phi) is 3.48. The van der Waals surface area contributed by atoms with E-state index in [2.05, 4.69) is 29.6 Å². The minimum Gasteiger partial charge on any atom is -0.399 e. The van der Waals surface area contributed by atoms with Crippen molar-refractivity contribution in [1.29, 1.82) is 0 Å². The van der Waals surface area contributed by atoms with Crippen LogP contribution in [0.2, 0.25) is 0 Å². The first-order valence-corrected chi connectivity index (χ1v) is 6.79. The Morgan fingerprint density at radius 2 is 0.810 bits per heavy atom. The zero-order valence-corrected chi connectivity index (χ0v) is 11.6. The van der Waals surface area contributed by atoms with Crippen molar-refractivity contribution in [2.75, 3.05) is 16.8 Å². The molecule has 104 valence electrons. The summed E-state index contributed by atoms with van der Waals surface area (Å²) in [4.78, 5) is 0. The molecule has 0 saturated heterocycles. The van der Waals surface area contributed by atoms with Crippen molar-refractivity contribution in [2.24, 2.45) is 0 Å². The van der Waals surface area contributed by atoms with E-state index in [4.69, 9.17) is 11.5 Å². The van der Waals surface area contributed by atoms with Gasteiger partial charge in [-0.2, -0.15) is 0 Å². The summed E-state index contributed by atoms with van der Waals surface area (Å²) in [5.41, 5.74) is 17.3. The third-order valence-electron chi connectivity index (χ3n) is 3.33. The second kappa shape index (κ2) is 5.59. The largest absolute Gasteiger partial charge is 0.399 e. The van der Waals surface area contributed by atoms with Crippen LogP contribution in [0.15, 0.2) is 72.8 Å². The standard InChI is InChI=1S/C18H17N3/c19-15-5-1-13(2-6-15)14-3-9-17(10-4-14)21-18-11-7-16(20)8-12-18/h1-12,21H,19-20H2. The predicted molar refractivity (Wildman–Crippen MR) is 90.4 cm³/mol. The molecule has 0 spiro atoms. The van der Waals surface area contributed by atoms with Gasteiger partial charge < -0.3 is 16.8 Å². The van der Waals surface area contributed by atoms with Gasteiger partial charge in [-0.15, -0.1) is 0 Å². The molecule has 0 radical (unpaired) electrons. The highest BCUT2D eigenvalue weighted by molar-refractivity contribution is 5.69. The van der Waals surface area contributed by atoms with E-state index < -0.39 is 0 Å². The van der Waals surface area contributed by atoms with Crippen LogP contribution in [0.5, 0.6) is 0 Å². The smallest absolute Gasteiger partial charge is 0.0385 e. The Hall–Kier alpha value is -2.94. The van der Waals surface area contributed by atoms with Crippen LogP contribution in [0, 0.1) is 0 Å². The molecule has 0 aliphatic carbocycles. The average molecular weight is 275 g/mol. The summed E-state index contributed by atoms with van der Waals surface area (Å²) in [7, 11) is 0. The lowest BCUT2D eigenvalue weighted by Gasteiger charge is -2.08.